The lowest BCUT2D eigenvalue weighted by atomic mass is 9.88. The predicted octanol–water partition coefficient (Wildman–Crippen LogP) is 6.98. The van der Waals surface area contributed by atoms with Crippen molar-refractivity contribution in [2.75, 3.05) is 26.5 Å². The van der Waals surface area contributed by atoms with Gasteiger partial charge in [-0.05, 0) is 90.8 Å². The fraction of sp³-hybridized carbons (Fsp3) is 0.386. The smallest absolute Gasteiger partial charge is 0.407 e. The Balaban J connectivity index is 0.000000391. The van der Waals surface area contributed by atoms with Gasteiger partial charge in [0.15, 0.2) is 0 Å². The molecule has 3 fully saturated rings. The van der Waals surface area contributed by atoms with Crippen molar-refractivity contribution in [1.29, 1.82) is 0 Å². The van der Waals surface area contributed by atoms with E-state index >= 15 is 0 Å². The van der Waals surface area contributed by atoms with Gasteiger partial charge in [-0.15, -0.1) is 0 Å². The van der Waals surface area contributed by atoms with Gasteiger partial charge in [0.25, 0.3) is 0 Å². The summed E-state index contributed by atoms with van der Waals surface area (Å²) in [7, 11) is 2.79. The number of likely N-dealkylation sites (tertiary alicyclic amines) is 1. The molecule has 5 unspecified atom stereocenters. The monoisotopic (exact) mass is 772 g/mol. The molecule has 13 heteroatoms. The summed E-state index contributed by atoms with van der Waals surface area (Å²) in [5, 5.41) is 5.19. The minimum atomic E-state index is -0.863. The van der Waals surface area contributed by atoms with Crippen LogP contribution in [-0.4, -0.2) is 76.2 Å². The molecular weight excluding hydrogens is 721 g/mol. The Kier molecular flexibility index (Phi) is 12.3. The van der Waals surface area contributed by atoms with Crippen LogP contribution >= 0.6 is 0 Å². The maximum Gasteiger partial charge on any atom is 0.407 e. The maximum atomic E-state index is 13.5. The van der Waals surface area contributed by atoms with Crippen molar-refractivity contribution in [1.82, 2.24) is 35.5 Å². The molecule has 6 atom stereocenters. The van der Waals surface area contributed by atoms with Crippen molar-refractivity contribution in [2.45, 2.75) is 76.1 Å². The fourth-order valence-corrected chi connectivity index (χ4v) is 8.65. The number of H-pyrrole nitrogens is 2. The number of methoxy groups -OCH3 is 2. The molecule has 1 aliphatic heterocycles. The van der Waals surface area contributed by atoms with Crippen LogP contribution in [0, 0.1) is 11.8 Å². The fourth-order valence-electron chi connectivity index (χ4n) is 8.65. The van der Waals surface area contributed by atoms with Gasteiger partial charge in [-0.25, -0.2) is 14.8 Å². The van der Waals surface area contributed by atoms with Crippen molar-refractivity contribution in [3.63, 3.8) is 0 Å². The number of carbonyl (C=O) groups is 3. The van der Waals surface area contributed by atoms with E-state index in [4.69, 9.17) is 20.2 Å². The number of imidazole rings is 2. The molecule has 6 N–H and O–H groups in total. The molecule has 3 amide bonds. The van der Waals surface area contributed by atoms with Crippen molar-refractivity contribution >= 4 is 24.1 Å². The van der Waals surface area contributed by atoms with E-state index in [1.165, 1.54) is 39.9 Å². The second-order valence-electron chi connectivity index (χ2n) is 15.3. The molecule has 3 heterocycles. The molecule has 2 bridgehead atoms. The summed E-state index contributed by atoms with van der Waals surface area (Å²) in [4.78, 5) is 53.7. The Morgan fingerprint density at radius 3 is 2.12 bits per heavy atom. The minimum absolute atomic E-state index is 0.218. The van der Waals surface area contributed by atoms with Crippen LogP contribution in [0.1, 0.15) is 74.6 Å². The van der Waals surface area contributed by atoms with E-state index in [1.807, 2.05) is 36.7 Å². The lowest BCUT2D eigenvalue weighted by Crippen LogP contribution is -2.54. The number of carbonyl (C=O) groups excluding carboxylic acids is 3. The standard InChI is InChI=1S/C36H42N6O4.C8H10N2O/c1-21(45-2)32(41-36(44)46-3)35(43)42-16-4-5-31(42)34-38-20-30(40-34)26-14-10-24(11-15-26)23-8-12-25(13-9-23)29-19-37-33(39-29)28-18-22-6-7-27(28)17-22;9-8-3-1-2-7(4-8)5-10-6-11/h8-15,19-22,27-28,31-32H,4-7,16-18H2,1-3H3,(H,37,39)(H,38,40)(H,41,44);1-4,6H,5,9H2,(H,10,11)/t21?,22?,27?,28-,31?,32?;/m1./s1. The van der Waals surface area contributed by atoms with Crippen LogP contribution < -0.4 is 16.4 Å². The highest BCUT2D eigenvalue weighted by Gasteiger charge is 2.42. The number of fused-ring (bicyclic) bond motifs is 2. The van der Waals surface area contributed by atoms with E-state index < -0.39 is 18.2 Å². The first-order valence-electron chi connectivity index (χ1n) is 19.7. The average Bonchev–Trinajstić information content (AvgIpc) is 4.11. The van der Waals surface area contributed by atoms with E-state index in [2.05, 4.69) is 74.1 Å². The van der Waals surface area contributed by atoms with E-state index in [-0.39, 0.29) is 11.9 Å². The number of aromatic nitrogens is 4. The topological polar surface area (TPSA) is 180 Å². The number of rotatable bonds is 12. The average molecular weight is 773 g/mol. The molecule has 298 valence electrons. The molecule has 8 rings (SSSR count). The number of aromatic amines is 2. The van der Waals surface area contributed by atoms with Crippen LogP contribution in [-0.2, 0) is 25.6 Å². The Labute approximate surface area is 333 Å². The van der Waals surface area contributed by atoms with E-state index in [0.29, 0.717) is 25.4 Å². The first kappa shape index (κ1) is 39.3. The quantitative estimate of drug-likeness (QED) is 0.0666. The van der Waals surface area contributed by atoms with Crippen molar-refractivity contribution < 1.29 is 23.9 Å². The Morgan fingerprint density at radius 2 is 1.54 bits per heavy atom. The van der Waals surface area contributed by atoms with Crippen LogP contribution in [0.2, 0.25) is 0 Å². The number of hydrogen-bond acceptors (Lipinski definition) is 8. The van der Waals surface area contributed by atoms with Crippen LogP contribution in [0.15, 0.2) is 85.2 Å². The van der Waals surface area contributed by atoms with E-state index in [1.54, 1.807) is 11.8 Å². The van der Waals surface area contributed by atoms with Gasteiger partial charge in [-0.1, -0.05) is 67.1 Å². The number of nitrogens with one attached hydrogen (secondary N) is 4. The van der Waals surface area contributed by atoms with Gasteiger partial charge in [0.2, 0.25) is 12.3 Å². The summed E-state index contributed by atoms with van der Waals surface area (Å²) in [6.07, 6.45) is 10.3. The molecule has 5 aromatic rings. The molecule has 3 aliphatic rings. The molecular formula is C44H52N8O5. The van der Waals surface area contributed by atoms with Gasteiger partial charge < -0.3 is 40.7 Å². The number of nitrogens with zero attached hydrogens (tertiary/aromatic N) is 3. The Bertz CT molecular complexity index is 2130. The summed E-state index contributed by atoms with van der Waals surface area (Å²) in [5.41, 5.74) is 13.7. The first-order valence-corrected chi connectivity index (χ1v) is 19.7. The number of nitrogens with two attached hydrogens (primary N) is 1. The van der Waals surface area contributed by atoms with E-state index in [9.17, 15) is 14.4 Å². The zero-order chi connectivity index (χ0) is 39.9. The number of nitrogen functional groups attached to an aromatic ring is 1. The molecule has 0 spiro atoms. The second-order valence-corrected chi connectivity index (χ2v) is 15.3. The first-order chi connectivity index (χ1) is 27.7. The normalized spacial score (nSPS) is 20.6. The summed E-state index contributed by atoms with van der Waals surface area (Å²) in [6.45, 7) is 2.86. The largest absolute Gasteiger partial charge is 0.453 e. The Morgan fingerprint density at radius 1 is 0.895 bits per heavy atom. The molecule has 1 saturated heterocycles. The highest BCUT2D eigenvalue weighted by Crippen LogP contribution is 2.52. The molecule has 2 aromatic heterocycles. The van der Waals surface area contributed by atoms with Gasteiger partial charge in [0, 0.05) is 31.8 Å². The van der Waals surface area contributed by atoms with Crippen LogP contribution in [0.5, 0.6) is 0 Å². The van der Waals surface area contributed by atoms with Crippen molar-refractivity contribution in [3.8, 4) is 33.6 Å². The third-order valence-corrected chi connectivity index (χ3v) is 11.8. The summed E-state index contributed by atoms with van der Waals surface area (Å²) in [5.74, 6) is 3.98. The highest BCUT2D eigenvalue weighted by molar-refractivity contribution is 5.87. The second kappa shape index (κ2) is 17.9. The number of amides is 3. The summed E-state index contributed by atoms with van der Waals surface area (Å²) in [6, 6.07) is 23.4. The van der Waals surface area contributed by atoms with Gasteiger partial charge in [-0.2, -0.15) is 0 Å². The van der Waals surface area contributed by atoms with Crippen LogP contribution in [0.4, 0.5) is 10.5 Å². The zero-order valence-electron chi connectivity index (χ0n) is 32.7. The zero-order valence-corrected chi connectivity index (χ0v) is 32.7. The van der Waals surface area contributed by atoms with Crippen LogP contribution in [0.3, 0.4) is 0 Å². The molecule has 13 nitrogen and oxygen atoms in total. The van der Waals surface area contributed by atoms with Crippen LogP contribution in [0.25, 0.3) is 33.6 Å². The Hall–Kier alpha value is -5.95. The molecule has 2 saturated carbocycles. The predicted molar refractivity (Wildman–Crippen MR) is 218 cm³/mol. The number of ether oxygens (including phenoxy) is 2. The lowest BCUT2D eigenvalue weighted by Gasteiger charge is -2.30. The van der Waals surface area contributed by atoms with Gasteiger partial charge >= 0.3 is 6.09 Å². The summed E-state index contributed by atoms with van der Waals surface area (Å²) >= 11 is 0. The third-order valence-electron chi connectivity index (χ3n) is 11.8. The number of anilines is 1. The molecule has 57 heavy (non-hydrogen) atoms. The highest BCUT2D eigenvalue weighted by atomic mass is 16.5. The molecule has 2 aliphatic carbocycles. The van der Waals surface area contributed by atoms with E-state index in [0.717, 1.165) is 81.2 Å². The van der Waals surface area contributed by atoms with Gasteiger partial charge in [-0.3, -0.25) is 9.59 Å². The lowest BCUT2D eigenvalue weighted by molar-refractivity contribution is -0.137. The number of benzene rings is 3. The third kappa shape index (κ3) is 9.04. The molecule has 3 aromatic carbocycles. The van der Waals surface area contributed by atoms with Crippen molar-refractivity contribution in [3.05, 3.63) is 102 Å². The van der Waals surface area contributed by atoms with Crippen molar-refractivity contribution in [2.24, 2.45) is 11.8 Å². The SMILES string of the molecule is COC(=O)NC(C(=O)N1CCCC1c1ncc(-c2ccc(-c3ccc(-c4cnc([C@@H]5CC6CCC5C6)[nH]4)cc3)cc2)[nH]1)C(C)OC.Nc1cccc(CNC=O)c1. The van der Waals surface area contributed by atoms with Gasteiger partial charge in [0.05, 0.1) is 43.0 Å². The minimum Gasteiger partial charge on any atom is -0.453 e. The summed E-state index contributed by atoms with van der Waals surface area (Å²) < 4.78 is 10.1. The number of hydrogen-bond donors (Lipinski definition) is 5. The van der Waals surface area contributed by atoms with Gasteiger partial charge in [0.1, 0.15) is 17.7 Å². The molecule has 0 radical (unpaired) electrons. The maximum absolute atomic E-state index is 13.5. The number of alkyl carbamates (subject to hydrolysis) is 1.